The molecule has 0 aliphatic heterocycles. The minimum atomic E-state index is -0.954. The Morgan fingerprint density at radius 2 is 0.786 bits per heavy atom. The molecule has 0 rings (SSSR count). The fourth-order valence-electron chi connectivity index (χ4n) is 1.39. The maximum atomic E-state index is 2.31. The fourth-order valence-corrected chi connectivity index (χ4v) is 4.16. The van der Waals surface area contributed by atoms with E-state index in [0.717, 1.165) is 0 Å². The van der Waals surface area contributed by atoms with Crippen LogP contribution >= 0.6 is 0 Å². The van der Waals surface area contributed by atoms with Crippen LogP contribution < -0.4 is 0 Å². The molecular formula is C8H28N4Si2. The van der Waals surface area contributed by atoms with E-state index in [4.69, 9.17) is 0 Å². The van der Waals surface area contributed by atoms with Crippen LogP contribution in [0.25, 0.3) is 0 Å². The zero-order chi connectivity index (χ0) is 11.9. The predicted octanol–water partition coefficient (Wildman–Crippen LogP) is -1.78. The third-order valence-electron chi connectivity index (χ3n) is 1.39. The molecule has 0 aromatic carbocycles. The summed E-state index contributed by atoms with van der Waals surface area (Å²) in [7, 11) is 17.2. The Labute approximate surface area is 94.8 Å². The van der Waals surface area contributed by atoms with Crippen LogP contribution in [-0.4, -0.2) is 94.3 Å². The lowest BCUT2D eigenvalue weighted by atomic mass is 11.2. The molecule has 14 heavy (non-hydrogen) atoms. The predicted molar refractivity (Wildman–Crippen MR) is 71.8 cm³/mol. The van der Waals surface area contributed by atoms with Crippen molar-refractivity contribution in [3.8, 4) is 0 Å². The Hall–Kier alpha value is 0.274. The molecule has 88 valence electrons. The molecule has 0 fully saturated rings. The summed E-state index contributed by atoms with van der Waals surface area (Å²) in [6.45, 7) is 0. The van der Waals surface area contributed by atoms with Crippen LogP contribution in [0.15, 0.2) is 0 Å². The fraction of sp³-hybridized carbons (Fsp3) is 1.00. The highest BCUT2D eigenvalue weighted by molar-refractivity contribution is 6.49. The zero-order valence-electron chi connectivity index (χ0n) is 11.4. The third kappa shape index (κ3) is 10.4. The molecule has 0 radical (unpaired) electrons. The highest BCUT2D eigenvalue weighted by Crippen LogP contribution is 1.93. The Morgan fingerprint density at radius 1 is 0.643 bits per heavy atom. The summed E-state index contributed by atoms with van der Waals surface area (Å²) in [5, 5.41) is 0. The number of hydrogen-bond acceptors (Lipinski definition) is 4. The molecule has 0 aromatic rings. The highest BCUT2D eigenvalue weighted by Gasteiger charge is 2.18. The van der Waals surface area contributed by atoms with Crippen molar-refractivity contribution in [3.63, 3.8) is 0 Å². The Kier molecular flexibility index (Phi) is 10.2. The van der Waals surface area contributed by atoms with Gasteiger partial charge in [-0.3, -0.25) is 0 Å². The van der Waals surface area contributed by atoms with E-state index < -0.39 is 9.28 Å². The van der Waals surface area contributed by atoms with E-state index in [1.54, 1.807) is 0 Å². The molecule has 0 N–H and O–H groups in total. The van der Waals surface area contributed by atoms with Crippen molar-refractivity contribution in [2.45, 2.75) is 0 Å². The van der Waals surface area contributed by atoms with Crippen molar-refractivity contribution in [1.29, 1.82) is 0 Å². The van der Waals surface area contributed by atoms with Crippen LogP contribution in [0.3, 0.4) is 0 Å². The third-order valence-corrected chi connectivity index (χ3v) is 4.16. The summed E-state index contributed by atoms with van der Waals surface area (Å²) in [6, 6.07) is 0. The van der Waals surface area contributed by atoms with E-state index in [1.807, 2.05) is 0 Å². The number of nitrogens with zero attached hydrogens (tertiary/aromatic N) is 4. The maximum Gasteiger partial charge on any atom is 0.271 e. The van der Waals surface area contributed by atoms with Crippen LogP contribution in [0.4, 0.5) is 0 Å². The number of rotatable bonds is 3. The monoisotopic (exact) mass is 236 g/mol. The molecule has 0 saturated heterocycles. The van der Waals surface area contributed by atoms with E-state index in [1.165, 1.54) is 10.4 Å². The van der Waals surface area contributed by atoms with Gasteiger partial charge in [-0.1, -0.05) is 0 Å². The standard InChI is InChI=1S/C6H19N3Si.C2H9NSi/c1-7(2)10(8(3)4)9(5)6;1-3(2)4/h10H,1-6H3;1-2,4H3. The van der Waals surface area contributed by atoms with E-state index >= 15 is 0 Å². The first kappa shape index (κ1) is 16.7. The van der Waals surface area contributed by atoms with Crippen molar-refractivity contribution in [1.82, 2.24) is 18.3 Å². The summed E-state index contributed by atoms with van der Waals surface area (Å²) >= 11 is 0. The van der Waals surface area contributed by atoms with Crippen LogP contribution in [0, 0.1) is 0 Å². The Balaban J connectivity index is 0. The van der Waals surface area contributed by atoms with Crippen molar-refractivity contribution in [3.05, 3.63) is 0 Å². The van der Waals surface area contributed by atoms with Gasteiger partial charge in [0.25, 0.3) is 9.28 Å². The van der Waals surface area contributed by atoms with Crippen LogP contribution in [0.1, 0.15) is 0 Å². The van der Waals surface area contributed by atoms with E-state index in [-0.39, 0.29) is 0 Å². The zero-order valence-corrected chi connectivity index (χ0v) is 14.5. The second kappa shape index (κ2) is 8.57. The summed E-state index contributed by atoms with van der Waals surface area (Å²) < 4.78 is 9.06. The molecule has 4 nitrogen and oxygen atoms in total. The van der Waals surface area contributed by atoms with Crippen molar-refractivity contribution < 1.29 is 0 Å². The lowest BCUT2D eigenvalue weighted by Crippen LogP contribution is -2.55. The maximum absolute atomic E-state index is 2.31. The van der Waals surface area contributed by atoms with Gasteiger partial charge in [-0.25, -0.2) is 0 Å². The molecule has 0 heterocycles. The molecule has 0 bridgehead atoms. The first-order valence-corrected chi connectivity index (χ1v) is 7.24. The van der Waals surface area contributed by atoms with Gasteiger partial charge >= 0.3 is 0 Å². The van der Waals surface area contributed by atoms with E-state index in [0.29, 0.717) is 0 Å². The molecule has 0 atom stereocenters. The van der Waals surface area contributed by atoms with Crippen LogP contribution in [0.5, 0.6) is 0 Å². The molecule has 0 amide bonds. The number of hydrogen-bond donors (Lipinski definition) is 0. The van der Waals surface area contributed by atoms with Crippen LogP contribution in [-0.2, 0) is 0 Å². The molecule has 6 heteroatoms. The molecule has 0 aliphatic carbocycles. The molecule has 0 aromatic heterocycles. The van der Waals surface area contributed by atoms with Gasteiger partial charge in [-0.15, -0.1) is 0 Å². The minimum Gasteiger partial charge on any atom is -0.337 e. The Bertz CT molecular complexity index is 107. The first-order valence-electron chi connectivity index (χ1n) is 4.80. The van der Waals surface area contributed by atoms with Gasteiger partial charge in [0.1, 0.15) is 0 Å². The summed E-state index contributed by atoms with van der Waals surface area (Å²) in [4.78, 5) is 0. The molecule has 0 saturated carbocycles. The van der Waals surface area contributed by atoms with Gasteiger partial charge in [-0.05, 0) is 56.4 Å². The van der Waals surface area contributed by atoms with Gasteiger partial charge in [0.05, 0.1) is 10.4 Å². The smallest absolute Gasteiger partial charge is 0.271 e. The minimum absolute atomic E-state index is 0.954. The summed E-state index contributed by atoms with van der Waals surface area (Å²) in [5.74, 6) is 0. The second-order valence-electron chi connectivity index (χ2n) is 4.58. The molecule has 0 spiro atoms. The average molecular weight is 237 g/mol. The van der Waals surface area contributed by atoms with E-state index in [2.05, 4.69) is 74.6 Å². The molecular weight excluding hydrogens is 208 g/mol. The van der Waals surface area contributed by atoms with Gasteiger partial charge in [0, 0.05) is 0 Å². The van der Waals surface area contributed by atoms with Gasteiger partial charge in [0.15, 0.2) is 0 Å². The second-order valence-corrected chi connectivity index (χ2v) is 10.2. The van der Waals surface area contributed by atoms with Crippen molar-refractivity contribution in [2.75, 3.05) is 56.4 Å². The molecule has 0 unspecified atom stereocenters. The Morgan fingerprint density at radius 3 is 0.786 bits per heavy atom. The van der Waals surface area contributed by atoms with Gasteiger partial charge in [0.2, 0.25) is 0 Å². The van der Waals surface area contributed by atoms with Gasteiger partial charge in [-0.2, -0.15) is 0 Å². The highest BCUT2D eigenvalue weighted by atomic mass is 28.3. The lowest BCUT2D eigenvalue weighted by molar-refractivity contribution is 0.420. The summed E-state index contributed by atoms with van der Waals surface area (Å²) in [5.41, 5.74) is 0. The van der Waals surface area contributed by atoms with Crippen molar-refractivity contribution >= 4 is 19.7 Å². The average Bonchev–Trinajstić information content (AvgIpc) is 1.80. The molecule has 0 aliphatic rings. The SMILES string of the molecule is CN(C)[SiH3].CN(C)[SiH](N(C)C)N(C)C. The van der Waals surface area contributed by atoms with E-state index in [9.17, 15) is 0 Å². The first-order chi connectivity index (χ1) is 6.20. The van der Waals surface area contributed by atoms with Crippen LogP contribution in [0.2, 0.25) is 0 Å². The van der Waals surface area contributed by atoms with Gasteiger partial charge < -0.3 is 18.3 Å². The normalized spacial score (nSPS) is 11.8. The quantitative estimate of drug-likeness (QED) is 0.537. The summed E-state index contributed by atoms with van der Waals surface area (Å²) in [6.07, 6.45) is 0. The van der Waals surface area contributed by atoms with Crippen molar-refractivity contribution in [2.24, 2.45) is 0 Å². The lowest BCUT2D eigenvalue weighted by Gasteiger charge is -2.33. The largest absolute Gasteiger partial charge is 0.337 e. The topological polar surface area (TPSA) is 13.0 Å².